The molecule has 7 rings (SSSR count). The van der Waals surface area contributed by atoms with Gasteiger partial charge in [0.1, 0.15) is 23.1 Å². The summed E-state index contributed by atoms with van der Waals surface area (Å²) in [6.07, 6.45) is 5.41. The first-order valence-electron chi connectivity index (χ1n) is 17.8. The monoisotopic (exact) mass is 699 g/mol. The number of amides is 1. The SMILES string of the molecule is CCC1=Cc2ncc(CN3CCN(C(=O)COc4cc(F)c([C@@H]5c6[nH]c7ccccc7c6C[C@@H](C)N5CC(C)(C)F)c(F)c4)CC3)cc2CC1=O. The number of fused-ring (bicyclic) bond motifs is 4. The van der Waals surface area contributed by atoms with Crippen molar-refractivity contribution in [3.8, 4) is 5.75 Å². The van der Waals surface area contributed by atoms with Crippen molar-refractivity contribution in [1.29, 1.82) is 0 Å². The lowest BCUT2D eigenvalue weighted by molar-refractivity contribution is -0.135. The molecule has 2 aromatic carbocycles. The van der Waals surface area contributed by atoms with E-state index in [9.17, 15) is 9.59 Å². The number of aromatic amines is 1. The molecule has 0 radical (unpaired) electrons. The number of carbonyl (C=O) groups is 2. The summed E-state index contributed by atoms with van der Waals surface area (Å²) in [6, 6.07) is 10.9. The fourth-order valence-electron chi connectivity index (χ4n) is 7.81. The van der Waals surface area contributed by atoms with Gasteiger partial charge in [-0.2, -0.15) is 0 Å². The van der Waals surface area contributed by atoms with Gasteiger partial charge in [-0.1, -0.05) is 31.2 Å². The Bertz CT molecular complexity index is 1990. The molecule has 0 spiro atoms. The number of hydrogen-bond donors (Lipinski definition) is 1. The molecule has 4 heterocycles. The van der Waals surface area contributed by atoms with E-state index in [2.05, 4.69) is 14.9 Å². The summed E-state index contributed by atoms with van der Waals surface area (Å²) in [5.41, 5.74) is 4.32. The quantitative estimate of drug-likeness (QED) is 0.213. The Morgan fingerprint density at radius 1 is 1.08 bits per heavy atom. The molecule has 11 heteroatoms. The van der Waals surface area contributed by atoms with Gasteiger partial charge in [0, 0.05) is 92.2 Å². The van der Waals surface area contributed by atoms with Crippen molar-refractivity contribution in [1.82, 2.24) is 24.7 Å². The van der Waals surface area contributed by atoms with E-state index < -0.39 is 23.3 Å². The molecule has 1 fully saturated rings. The van der Waals surface area contributed by atoms with Crippen LogP contribution in [-0.4, -0.2) is 87.4 Å². The number of benzene rings is 2. The molecule has 1 saturated heterocycles. The third kappa shape index (κ3) is 7.19. The van der Waals surface area contributed by atoms with Gasteiger partial charge in [-0.05, 0) is 68.0 Å². The van der Waals surface area contributed by atoms with E-state index in [1.54, 1.807) is 4.90 Å². The molecular formula is C40H44F3N5O3. The minimum atomic E-state index is -1.60. The fraction of sp³-hybridized carbons (Fsp3) is 0.425. The molecule has 1 N–H and O–H groups in total. The van der Waals surface area contributed by atoms with E-state index in [4.69, 9.17) is 4.74 Å². The summed E-state index contributed by atoms with van der Waals surface area (Å²) >= 11 is 0. The minimum absolute atomic E-state index is 0.0187. The first-order chi connectivity index (χ1) is 24.4. The molecule has 4 aromatic rings. The number of H-pyrrole nitrogens is 1. The topological polar surface area (TPSA) is 81.8 Å². The Labute approximate surface area is 296 Å². The highest BCUT2D eigenvalue weighted by Gasteiger charge is 2.41. The van der Waals surface area contributed by atoms with Gasteiger partial charge < -0.3 is 14.6 Å². The summed E-state index contributed by atoms with van der Waals surface area (Å²) in [4.78, 5) is 39.2. The molecule has 3 aliphatic rings. The van der Waals surface area contributed by atoms with Crippen LogP contribution in [0, 0.1) is 11.6 Å². The molecule has 0 saturated carbocycles. The second-order valence-corrected chi connectivity index (χ2v) is 14.7. The minimum Gasteiger partial charge on any atom is -0.484 e. The van der Waals surface area contributed by atoms with Crippen molar-refractivity contribution in [2.75, 3.05) is 39.3 Å². The number of allylic oxidation sites excluding steroid dienone is 1. The fourth-order valence-corrected chi connectivity index (χ4v) is 7.81. The van der Waals surface area contributed by atoms with E-state index >= 15 is 13.2 Å². The van der Waals surface area contributed by atoms with Crippen LogP contribution < -0.4 is 4.74 Å². The molecule has 51 heavy (non-hydrogen) atoms. The number of ketones is 1. The zero-order valence-corrected chi connectivity index (χ0v) is 29.6. The first-order valence-corrected chi connectivity index (χ1v) is 17.8. The van der Waals surface area contributed by atoms with E-state index in [1.165, 1.54) is 13.8 Å². The normalized spacial score (nSPS) is 19.9. The van der Waals surface area contributed by atoms with Gasteiger partial charge in [-0.3, -0.25) is 24.4 Å². The number of hydrogen-bond acceptors (Lipinski definition) is 6. The number of para-hydroxylation sites is 1. The van der Waals surface area contributed by atoms with Gasteiger partial charge in [0.15, 0.2) is 12.4 Å². The number of carbonyl (C=O) groups excluding carboxylic acids is 2. The van der Waals surface area contributed by atoms with Crippen LogP contribution in [0.15, 0.2) is 54.2 Å². The standard InChI is InChI=1S/C40H44F3N5O3/c1-5-26-16-34-27(17-35(26)49)15-25(20-44-34)21-46-10-12-47(13-11-46)36(50)22-51-28-18-31(41)37(32(42)19-28)39-38-30(29-8-6-7-9-33(29)45-38)14-24(2)48(39)23-40(3,4)43/h6-9,15-16,18-20,24,39,45H,5,10-14,17,21-23H2,1-4H3/t24-,39-/m1/s1. The number of Topliss-reactive ketones (excluding diaryl/α,β-unsaturated/α-hetero) is 1. The van der Waals surface area contributed by atoms with Crippen LogP contribution in [0.2, 0.25) is 0 Å². The lowest BCUT2D eigenvalue weighted by Gasteiger charge is -2.43. The second-order valence-electron chi connectivity index (χ2n) is 14.7. The zero-order valence-electron chi connectivity index (χ0n) is 29.6. The molecule has 0 unspecified atom stereocenters. The maximum absolute atomic E-state index is 16.0. The maximum Gasteiger partial charge on any atom is 0.260 e. The molecule has 268 valence electrons. The lowest BCUT2D eigenvalue weighted by atomic mass is 9.87. The molecule has 1 aliphatic carbocycles. The number of ether oxygens (including phenoxy) is 1. The Morgan fingerprint density at radius 2 is 1.80 bits per heavy atom. The Kier molecular flexibility index (Phi) is 9.54. The first kappa shape index (κ1) is 34.9. The predicted octanol–water partition coefficient (Wildman–Crippen LogP) is 6.57. The summed E-state index contributed by atoms with van der Waals surface area (Å²) < 4.78 is 52.9. The van der Waals surface area contributed by atoms with Crippen LogP contribution >= 0.6 is 0 Å². The second kappa shape index (κ2) is 13.9. The molecule has 2 atom stereocenters. The number of alkyl halides is 1. The van der Waals surface area contributed by atoms with Gasteiger partial charge >= 0.3 is 0 Å². The number of pyridine rings is 1. The highest BCUT2D eigenvalue weighted by atomic mass is 19.1. The zero-order chi connectivity index (χ0) is 36.0. The van der Waals surface area contributed by atoms with Crippen molar-refractivity contribution in [3.05, 3.63) is 99.5 Å². The van der Waals surface area contributed by atoms with Gasteiger partial charge in [-0.15, -0.1) is 0 Å². The third-order valence-electron chi connectivity index (χ3n) is 10.4. The smallest absolute Gasteiger partial charge is 0.260 e. The molecular weight excluding hydrogens is 655 g/mol. The van der Waals surface area contributed by atoms with Crippen molar-refractivity contribution >= 4 is 28.7 Å². The van der Waals surface area contributed by atoms with Crippen molar-refractivity contribution in [2.45, 2.75) is 71.3 Å². The largest absolute Gasteiger partial charge is 0.484 e. The highest BCUT2D eigenvalue weighted by molar-refractivity contribution is 6.03. The number of aromatic nitrogens is 2. The summed E-state index contributed by atoms with van der Waals surface area (Å²) in [7, 11) is 0. The maximum atomic E-state index is 16.0. The molecule has 2 aliphatic heterocycles. The summed E-state index contributed by atoms with van der Waals surface area (Å²) in [6.45, 7) is 9.38. The van der Waals surface area contributed by atoms with Crippen LogP contribution in [0.25, 0.3) is 17.0 Å². The third-order valence-corrected chi connectivity index (χ3v) is 10.4. The van der Waals surface area contributed by atoms with Crippen LogP contribution in [0.3, 0.4) is 0 Å². The van der Waals surface area contributed by atoms with Crippen molar-refractivity contribution in [2.24, 2.45) is 0 Å². The van der Waals surface area contributed by atoms with Crippen molar-refractivity contribution < 1.29 is 27.5 Å². The molecule has 1 amide bonds. The molecule has 8 nitrogen and oxygen atoms in total. The van der Waals surface area contributed by atoms with Gasteiger partial charge in [0.2, 0.25) is 0 Å². The number of nitrogens with one attached hydrogen (secondary N) is 1. The number of rotatable bonds is 9. The average molecular weight is 700 g/mol. The van der Waals surface area contributed by atoms with Crippen LogP contribution in [0.1, 0.15) is 73.8 Å². The van der Waals surface area contributed by atoms with Gasteiger partial charge in [-0.25, -0.2) is 13.2 Å². The predicted molar refractivity (Wildman–Crippen MR) is 190 cm³/mol. The Balaban J connectivity index is 1.01. The number of halogens is 3. The van der Waals surface area contributed by atoms with E-state index in [0.29, 0.717) is 57.7 Å². The Morgan fingerprint density at radius 3 is 2.51 bits per heavy atom. The van der Waals surface area contributed by atoms with E-state index in [-0.39, 0.29) is 42.2 Å². The molecule has 2 aromatic heterocycles. The van der Waals surface area contributed by atoms with Crippen LogP contribution in [0.5, 0.6) is 5.75 Å². The summed E-state index contributed by atoms with van der Waals surface area (Å²) in [5, 5.41) is 0.986. The van der Waals surface area contributed by atoms with Crippen LogP contribution in [0.4, 0.5) is 13.2 Å². The highest BCUT2D eigenvalue weighted by Crippen LogP contribution is 2.43. The molecule has 0 bridgehead atoms. The van der Waals surface area contributed by atoms with Gasteiger partial charge in [0.25, 0.3) is 5.91 Å². The van der Waals surface area contributed by atoms with E-state index in [1.807, 2.05) is 61.4 Å². The van der Waals surface area contributed by atoms with Gasteiger partial charge in [0.05, 0.1) is 11.7 Å². The van der Waals surface area contributed by atoms with Crippen molar-refractivity contribution in [3.63, 3.8) is 0 Å². The van der Waals surface area contributed by atoms with E-state index in [0.717, 1.165) is 51.0 Å². The summed E-state index contributed by atoms with van der Waals surface area (Å²) in [5.74, 6) is -1.85. The number of piperazine rings is 1. The number of nitrogens with zero attached hydrogens (tertiary/aromatic N) is 4. The lowest BCUT2D eigenvalue weighted by Crippen LogP contribution is -2.49. The average Bonchev–Trinajstić information content (AvgIpc) is 3.45. The van der Waals surface area contributed by atoms with Crippen LogP contribution in [-0.2, 0) is 29.0 Å². The Hall–Kier alpha value is -4.48.